The molecule has 0 aromatic heterocycles. The van der Waals surface area contributed by atoms with Crippen molar-refractivity contribution in [2.75, 3.05) is 6.61 Å². The lowest BCUT2D eigenvalue weighted by Crippen LogP contribution is -2.05. The zero-order valence-electron chi connectivity index (χ0n) is 18.4. The molecule has 0 bridgehead atoms. The third-order valence-corrected chi connectivity index (χ3v) is 5.38. The number of rotatable bonds is 19. The molecule has 0 amide bonds. The minimum absolute atomic E-state index is 0.0100. The molecule has 0 aromatic rings. The molecule has 1 fully saturated rings. The lowest BCUT2D eigenvalue weighted by atomic mass is 10.1. The monoisotopic (exact) mass is 388 g/mol. The summed E-state index contributed by atoms with van der Waals surface area (Å²) in [6, 6.07) is 0. The second-order valence-corrected chi connectivity index (χ2v) is 8.22. The second kappa shape index (κ2) is 19.0. The summed E-state index contributed by atoms with van der Waals surface area (Å²) in [6.45, 7) is 2.64. The minimum atomic E-state index is 0.0100. The first kappa shape index (κ1) is 24.7. The minimum Gasteiger partial charge on any atom is -0.466 e. The van der Waals surface area contributed by atoms with Crippen molar-refractivity contribution in [3.05, 3.63) is 36.5 Å². The van der Waals surface area contributed by atoms with Crippen LogP contribution in [0, 0.1) is 5.92 Å². The maximum atomic E-state index is 11.7. The molecule has 0 N–H and O–H groups in total. The molecule has 0 unspecified atom stereocenters. The van der Waals surface area contributed by atoms with Gasteiger partial charge in [0.1, 0.15) is 0 Å². The number of carbonyl (C=O) groups excluding carboxylic acids is 1. The van der Waals surface area contributed by atoms with E-state index in [-0.39, 0.29) is 5.97 Å². The maximum Gasteiger partial charge on any atom is 0.305 e. The molecule has 2 heteroatoms. The normalized spacial score (nSPS) is 14.6. The van der Waals surface area contributed by atoms with E-state index in [2.05, 4.69) is 24.3 Å². The van der Waals surface area contributed by atoms with Crippen molar-refractivity contribution in [3.63, 3.8) is 0 Å². The molecule has 160 valence electrons. The Balaban J connectivity index is 1.73. The van der Waals surface area contributed by atoms with Crippen molar-refractivity contribution in [3.8, 4) is 0 Å². The van der Waals surface area contributed by atoms with E-state index in [1.165, 1.54) is 83.5 Å². The van der Waals surface area contributed by atoms with Crippen LogP contribution in [-0.4, -0.2) is 12.6 Å². The Labute approximate surface area is 174 Å². The van der Waals surface area contributed by atoms with Gasteiger partial charge in [0.05, 0.1) is 6.61 Å². The first-order valence-corrected chi connectivity index (χ1v) is 11.9. The summed E-state index contributed by atoms with van der Waals surface area (Å²) in [5.74, 6) is 1.05. The van der Waals surface area contributed by atoms with Crippen LogP contribution in [0.2, 0.25) is 0 Å². The molecule has 28 heavy (non-hydrogen) atoms. The van der Waals surface area contributed by atoms with E-state index in [0.717, 1.165) is 18.8 Å². The lowest BCUT2D eigenvalue weighted by molar-refractivity contribution is -0.143. The number of ether oxygens (including phenoxy) is 1. The van der Waals surface area contributed by atoms with Gasteiger partial charge in [0.15, 0.2) is 0 Å². The van der Waals surface area contributed by atoms with Crippen LogP contribution in [0.1, 0.15) is 110 Å². The summed E-state index contributed by atoms with van der Waals surface area (Å²) in [7, 11) is 0. The number of allylic oxidation sites excluding steroid dienone is 6. The van der Waals surface area contributed by atoms with Gasteiger partial charge in [0, 0.05) is 6.42 Å². The fourth-order valence-corrected chi connectivity index (χ4v) is 3.38. The fraction of sp³-hybridized carbons (Fsp3) is 0.731. The highest BCUT2D eigenvalue weighted by atomic mass is 16.5. The van der Waals surface area contributed by atoms with Crippen molar-refractivity contribution in [2.24, 2.45) is 5.92 Å². The first-order valence-electron chi connectivity index (χ1n) is 11.9. The van der Waals surface area contributed by atoms with Crippen molar-refractivity contribution in [1.29, 1.82) is 0 Å². The highest BCUT2D eigenvalue weighted by Crippen LogP contribution is 2.34. The molecular formula is C26H44O2. The number of esters is 1. The first-order chi connectivity index (χ1) is 13.8. The SMILES string of the molecule is CC=CC=CC=CCCCCCCCCCOC(=O)CCCCCCC1CC1. The van der Waals surface area contributed by atoms with Gasteiger partial charge in [-0.2, -0.15) is 0 Å². The molecule has 0 aromatic carbocycles. The van der Waals surface area contributed by atoms with Gasteiger partial charge in [0.25, 0.3) is 0 Å². The van der Waals surface area contributed by atoms with E-state index in [1.54, 1.807) is 0 Å². The topological polar surface area (TPSA) is 26.3 Å². The molecule has 0 atom stereocenters. The third kappa shape index (κ3) is 18.1. The zero-order valence-corrected chi connectivity index (χ0v) is 18.4. The molecule has 0 heterocycles. The summed E-state index contributed by atoms with van der Waals surface area (Å²) in [5.41, 5.74) is 0. The summed E-state index contributed by atoms with van der Waals surface area (Å²) in [4.78, 5) is 11.7. The predicted molar refractivity (Wildman–Crippen MR) is 121 cm³/mol. The van der Waals surface area contributed by atoms with Gasteiger partial charge in [-0.3, -0.25) is 4.79 Å². The van der Waals surface area contributed by atoms with Crippen molar-refractivity contribution in [1.82, 2.24) is 0 Å². The van der Waals surface area contributed by atoms with Gasteiger partial charge < -0.3 is 4.74 Å². The van der Waals surface area contributed by atoms with E-state index >= 15 is 0 Å². The maximum absolute atomic E-state index is 11.7. The van der Waals surface area contributed by atoms with Gasteiger partial charge in [0.2, 0.25) is 0 Å². The highest BCUT2D eigenvalue weighted by molar-refractivity contribution is 5.69. The molecule has 1 rings (SSSR count). The molecule has 0 aliphatic heterocycles. The van der Waals surface area contributed by atoms with Crippen molar-refractivity contribution < 1.29 is 9.53 Å². The zero-order chi connectivity index (χ0) is 20.1. The Hall–Kier alpha value is -1.31. The largest absolute Gasteiger partial charge is 0.466 e. The molecule has 1 aliphatic carbocycles. The average molecular weight is 389 g/mol. The van der Waals surface area contributed by atoms with Crippen molar-refractivity contribution >= 4 is 5.97 Å². The summed E-state index contributed by atoms with van der Waals surface area (Å²) >= 11 is 0. The van der Waals surface area contributed by atoms with Crippen LogP contribution in [0.3, 0.4) is 0 Å². The summed E-state index contributed by atoms with van der Waals surface area (Å²) in [6.07, 6.45) is 32.3. The van der Waals surface area contributed by atoms with E-state index in [4.69, 9.17) is 4.74 Å². The third-order valence-electron chi connectivity index (χ3n) is 5.38. The fourth-order valence-electron chi connectivity index (χ4n) is 3.38. The Kier molecular flexibility index (Phi) is 16.8. The Morgan fingerprint density at radius 2 is 1.43 bits per heavy atom. The Morgan fingerprint density at radius 3 is 2.18 bits per heavy atom. The van der Waals surface area contributed by atoms with Crippen LogP contribution in [0.15, 0.2) is 36.5 Å². The molecule has 2 nitrogen and oxygen atoms in total. The molecule has 1 saturated carbocycles. The van der Waals surface area contributed by atoms with E-state index in [1.807, 2.05) is 19.1 Å². The highest BCUT2D eigenvalue weighted by Gasteiger charge is 2.19. The van der Waals surface area contributed by atoms with Crippen LogP contribution in [-0.2, 0) is 9.53 Å². The van der Waals surface area contributed by atoms with Crippen LogP contribution >= 0.6 is 0 Å². The quantitative estimate of drug-likeness (QED) is 0.127. The van der Waals surface area contributed by atoms with Crippen LogP contribution in [0.5, 0.6) is 0 Å². The van der Waals surface area contributed by atoms with Crippen molar-refractivity contribution in [2.45, 2.75) is 110 Å². The van der Waals surface area contributed by atoms with Crippen LogP contribution < -0.4 is 0 Å². The number of hydrogen-bond acceptors (Lipinski definition) is 2. The Morgan fingerprint density at radius 1 is 0.786 bits per heavy atom. The summed E-state index contributed by atoms with van der Waals surface area (Å²) in [5, 5.41) is 0. The average Bonchev–Trinajstić information content (AvgIpc) is 3.52. The Bertz CT molecular complexity index is 443. The molecule has 1 aliphatic rings. The molecule has 0 saturated heterocycles. The van der Waals surface area contributed by atoms with Crippen LogP contribution in [0.25, 0.3) is 0 Å². The lowest BCUT2D eigenvalue weighted by Gasteiger charge is -2.05. The molecule has 0 radical (unpaired) electrons. The molecule has 0 spiro atoms. The van der Waals surface area contributed by atoms with E-state index in [0.29, 0.717) is 13.0 Å². The van der Waals surface area contributed by atoms with Gasteiger partial charge in [-0.25, -0.2) is 0 Å². The van der Waals surface area contributed by atoms with Gasteiger partial charge >= 0.3 is 5.97 Å². The van der Waals surface area contributed by atoms with Crippen LogP contribution in [0.4, 0.5) is 0 Å². The second-order valence-electron chi connectivity index (χ2n) is 8.22. The van der Waals surface area contributed by atoms with Gasteiger partial charge in [-0.1, -0.05) is 107 Å². The summed E-state index contributed by atoms with van der Waals surface area (Å²) < 4.78 is 5.35. The number of carbonyl (C=O) groups is 1. The predicted octanol–water partition coefficient (Wildman–Crippen LogP) is 8.09. The van der Waals surface area contributed by atoms with Gasteiger partial charge in [-0.05, 0) is 38.5 Å². The van der Waals surface area contributed by atoms with E-state index < -0.39 is 0 Å². The van der Waals surface area contributed by atoms with Gasteiger partial charge in [-0.15, -0.1) is 0 Å². The molecular weight excluding hydrogens is 344 g/mol. The van der Waals surface area contributed by atoms with E-state index in [9.17, 15) is 4.79 Å². The number of hydrogen-bond donors (Lipinski definition) is 0. The number of unbranched alkanes of at least 4 members (excludes halogenated alkanes) is 10. The standard InChI is InChI=1S/C26H44O2/c1-2-3-4-5-6-7-8-9-10-11-12-13-16-19-24-28-26(27)21-18-15-14-17-20-25-22-23-25/h2-7,25H,8-24H2,1H3. The smallest absolute Gasteiger partial charge is 0.305 e.